The smallest absolute Gasteiger partial charge is 0.262 e. The van der Waals surface area contributed by atoms with Crippen molar-refractivity contribution in [2.75, 3.05) is 0 Å². The minimum Gasteiger partial charge on any atom is -0.489 e. The van der Waals surface area contributed by atoms with Crippen LogP contribution in [-0.2, 0) is 17.9 Å². The van der Waals surface area contributed by atoms with Gasteiger partial charge in [0.1, 0.15) is 24.0 Å². The summed E-state index contributed by atoms with van der Waals surface area (Å²) in [6.45, 7) is 0.739. The topological polar surface area (TPSA) is 79.9 Å². The molecule has 5 rings (SSSR count). The number of carbonyl (C=O) groups is 1. The number of rotatable bonds is 9. The van der Waals surface area contributed by atoms with Crippen molar-refractivity contribution in [3.8, 4) is 28.8 Å². The lowest BCUT2D eigenvalue weighted by molar-refractivity contribution is -0.117. The fraction of sp³-hybridized carbons (Fsp3) is 0.0606. The molecule has 1 N–H and O–H groups in total. The number of carbonyl (C=O) groups excluding carboxylic acids is 1. The molecule has 196 valence electrons. The Morgan fingerprint density at radius 2 is 1.57 bits per heavy atom. The van der Waals surface area contributed by atoms with Crippen LogP contribution in [0, 0.1) is 11.3 Å². The Morgan fingerprint density at radius 3 is 2.25 bits per heavy atom. The predicted molar refractivity (Wildman–Crippen MR) is 157 cm³/mol. The highest BCUT2D eigenvalue weighted by Gasteiger charge is 2.15. The molecule has 40 heavy (non-hydrogen) atoms. The van der Waals surface area contributed by atoms with Gasteiger partial charge in [0.2, 0.25) is 0 Å². The first-order valence-corrected chi connectivity index (χ1v) is 13.0. The number of benzene rings is 4. The molecule has 5 aromatic rings. The maximum atomic E-state index is 12.9. The van der Waals surface area contributed by atoms with E-state index in [1.54, 1.807) is 10.8 Å². The predicted octanol–water partition coefficient (Wildman–Crippen LogP) is 7.00. The summed E-state index contributed by atoms with van der Waals surface area (Å²) < 4.78 is 7.67. The molecule has 0 fully saturated rings. The minimum absolute atomic E-state index is 0.00675. The molecule has 1 amide bonds. The van der Waals surface area contributed by atoms with E-state index < -0.39 is 5.91 Å². The summed E-state index contributed by atoms with van der Waals surface area (Å²) >= 11 is 5.96. The molecule has 0 bridgehead atoms. The largest absolute Gasteiger partial charge is 0.489 e. The van der Waals surface area contributed by atoms with Crippen molar-refractivity contribution in [1.82, 2.24) is 15.1 Å². The highest BCUT2D eigenvalue weighted by Crippen LogP contribution is 2.28. The van der Waals surface area contributed by atoms with Crippen LogP contribution in [0.2, 0.25) is 5.02 Å². The van der Waals surface area contributed by atoms with Crippen LogP contribution in [-0.4, -0.2) is 15.7 Å². The second-order valence-electron chi connectivity index (χ2n) is 8.99. The number of nitriles is 1. The summed E-state index contributed by atoms with van der Waals surface area (Å²) in [5.41, 5.74) is 4.91. The molecule has 1 heterocycles. The van der Waals surface area contributed by atoms with Gasteiger partial charge in [0.15, 0.2) is 0 Å². The van der Waals surface area contributed by atoms with Crippen molar-refractivity contribution in [2.45, 2.75) is 13.2 Å². The number of hydrogen-bond donors (Lipinski definition) is 1. The molecule has 0 radical (unpaired) electrons. The van der Waals surface area contributed by atoms with Gasteiger partial charge in [0.05, 0.1) is 11.4 Å². The molecular weight excluding hydrogens is 520 g/mol. The van der Waals surface area contributed by atoms with Gasteiger partial charge in [-0.3, -0.25) is 4.79 Å². The van der Waals surface area contributed by atoms with Crippen molar-refractivity contribution < 1.29 is 9.53 Å². The third-order valence-corrected chi connectivity index (χ3v) is 6.42. The molecule has 0 aliphatic heterocycles. The summed E-state index contributed by atoms with van der Waals surface area (Å²) in [5.74, 6) is 0.256. The lowest BCUT2D eigenvalue weighted by Gasteiger charge is -2.08. The Morgan fingerprint density at radius 1 is 0.900 bits per heavy atom. The molecule has 0 aliphatic rings. The highest BCUT2D eigenvalue weighted by molar-refractivity contribution is 6.30. The van der Waals surface area contributed by atoms with Crippen molar-refractivity contribution in [1.29, 1.82) is 5.26 Å². The van der Waals surface area contributed by atoms with E-state index in [2.05, 4.69) is 5.32 Å². The van der Waals surface area contributed by atoms with E-state index in [1.165, 1.54) is 0 Å². The fourth-order valence-electron chi connectivity index (χ4n) is 4.06. The standard InChI is InChI=1S/C33H25ClN4O2/c34-29-15-11-25(12-16-29)23-40-31-17-13-26(14-18-31)32-28(22-38(37-32)30-9-5-2-6-10-30)19-27(20-35)33(39)36-21-24-7-3-1-4-8-24/h1-19,22H,21,23H2,(H,36,39)/b27-19-. The zero-order valence-electron chi connectivity index (χ0n) is 21.5. The van der Waals surface area contributed by atoms with Crippen LogP contribution in [0.25, 0.3) is 23.0 Å². The summed E-state index contributed by atoms with van der Waals surface area (Å²) in [6, 6.07) is 36.3. The van der Waals surface area contributed by atoms with E-state index in [0.29, 0.717) is 35.2 Å². The zero-order valence-corrected chi connectivity index (χ0v) is 22.3. The maximum absolute atomic E-state index is 12.9. The molecule has 0 saturated heterocycles. The van der Waals surface area contributed by atoms with Crippen molar-refractivity contribution in [2.24, 2.45) is 0 Å². The minimum atomic E-state index is -0.448. The van der Waals surface area contributed by atoms with Gasteiger partial charge < -0.3 is 10.1 Å². The van der Waals surface area contributed by atoms with Crippen LogP contribution in [0.3, 0.4) is 0 Å². The van der Waals surface area contributed by atoms with Gasteiger partial charge in [-0.2, -0.15) is 10.4 Å². The van der Waals surface area contributed by atoms with Gasteiger partial charge in [0.25, 0.3) is 5.91 Å². The second-order valence-corrected chi connectivity index (χ2v) is 9.43. The van der Waals surface area contributed by atoms with E-state index in [4.69, 9.17) is 21.4 Å². The number of nitrogens with zero attached hydrogens (tertiary/aromatic N) is 3. The van der Waals surface area contributed by atoms with E-state index in [1.807, 2.05) is 121 Å². The monoisotopic (exact) mass is 544 g/mol. The third-order valence-electron chi connectivity index (χ3n) is 6.17. The number of para-hydroxylation sites is 1. The van der Waals surface area contributed by atoms with Gasteiger partial charge in [-0.1, -0.05) is 72.3 Å². The maximum Gasteiger partial charge on any atom is 0.262 e. The van der Waals surface area contributed by atoms with Crippen LogP contribution in [0.1, 0.15) is 16.7 Å². The first kappa shape index (κ1) is 26.5. The van der Waals surface area contributed by atoms with E-state index >= 15 is 0 Å². The molecule has 4 aromatic carbocycles. The average molecular weight is 545 g/mol. The molecular formula is C33H25ClN4O2. The summed E-state index contributed by atoms with van der Waals surface area (Å²) in [4.78, 5) is 12.9. The summed E-state index contributed by atoms with van der Waals surface area (Å²) in [6.07, 6.45) is 3.39. The molecule has 0 spiro atoms. The summed E-state index contributed by atoms with van der Waals surface area (Å²) in [7, 11) is 0. The van der Waals surface area contributed by atoms with Gasteiger partial charge in [-0.25, -0.2) is 4.68 Å². The van der Waals surface area contributed by atoms with Gasteiger partial charge in [-0.05, 0) is 65.7 Å². The van der Waals surface area contributed by atoms with Gasteiger partial charge >= 0.3 is 0 Å². The number of amides is 1. The second kappa shape index (κ2) is 12.6. The van der Waals surface area contributed by atoms with Crippen molar-refractivity contribution >= 4 is 23.6 Å². The highest BCUT2D eigenvalue weighted by atomic mass is 35.5. The molecule has 1 aromatic heterocycles. The van der Waals surface area contributed by atoms with Gasteiger partial charge in [-0.15, -0.1) is 0 Å². The van der Waals surface area contributed by atoms with E-state index in [-0.39, 0.29) is 5.57 Å². The number of halogens is 1. The Bertz CT molecular complexity index is 1650. The number of ether oxygens (including phenoxy) is 1. The van der Waals surface area contributed by atoms with Crippen LogP contribution >= 0.6 is 11.6 Å². The third kappa shape index (κ3) is 6.65. The van der Waals surface area contributed by atoms with Crippen LogP contribution in [0.5, 0.6) is 5.75 Å². The number of hydrogen-bond acceptors (Lipinski definition) is 4. The van der Waals surface area contributed by atoms with Crippen molar-refractivity contribution in [3.63, 3.8) is 0 Å². The molecule has 7 heteroatoms. The summed E-state index contributed by atoms with van der Waals surface area (Å²) in [5, 5.41) is 18.1. The van der Waals surface area contributed by atoms with E-state index in [9.17, 15) is 10.1 Å². The number of nitrogens with one attached hydrogen (secondary N) is 1. The normalized spacial score (nSPS) is 11.1. The van der Waals surface area contributed by atoms with Crippen LogP contribution in [0.15, 0.2) is 121 Å². The average Bonchev–Trinajstić information content (AvgIpc) is 3.43. The van der Waals surface area contributed by atoms with Gasteiger partial charge in [0, 0.05) is 28.9 Å². The lowest BCUT2D eigenvalue weighted by atomic mass is 10.1. The Balaban J connectivity index is 1.40. The quantitative estimate of drug-likeness (QED) is 0.160. The first-order valence-electron chi connectivity index (χ1n) is 12.7. The van der Waals surface area contributed by atoms with E-state index in [0.717, 1.165) is 22.4 Å². The lowest BCUT2D eigenvalue weighted by Crippen LogP contribution is -2.23. The first-order chi connectivity index (χ1) is 19.6. The van der Waals surface area contributed by atoms with Crippen molar-refractivity contribution in [3.05, 3.63) is 143 Å². The molecule has 0 aliphatic carbocycles. The Kier molecular flexibility index (Phi) is 8.35. The Labute approximate surface area is 237 Å². The number of aromatic nitrogens is 2. The van der Waals surface area contributed by atoms with Crippen LogP contribution < -0.4 is 10.1 Å². The fourth-order valence-corrected chi connectivity index (χ4v) is 4.19. The van der Waals surface area contributed by atoms with Crippen LogP contribution in [0.4, 0.5) is 0 Å². The zero-order chi connectivity index (χ0) is 27.7. The molecule has 6 nitrogen and oxygen atoms in total. The molecule has 0 saturated carbocycles. The SMILES string of the molecule is N#C/C(=C/c1cn(-c2ccccc2)nc1-c1ccc(OCc2ccc(Cl)cc2)cc1)C(=O)NCc1ccccc1. The molecule has 0 unspecified atom stereocenters. The molecule has 0 atom stereocenters. The Hall–Kier alpha value is -5.12.